The fourth-order valence-electron chi connectivity index (χ4n) is 3.36. The lowest BCUT2D eigenvalue weighted by Crippen LogP contribution is -2.44. The minimum absolute atomic E-state index is 0.201. The van der Waals surface area contributed by atoms with Gasteiger partial charge in [-0.25, -0.2) is 19.7 Å². The summed E-state index contributed by atoms with van der Waals surface area (Å²) in [5.74, 6) is -0.873. The third-order valence-electron chi connectivity index (χ3n) is 5.02. The van der Waals surface area contributed by atoms with E-state index in [2.05, 4.69) is 24.4 Å². The molecule has 1 unspecified atom stereocenters. The van der Waals surface area contributed by atoms with Crippen molar-refractivity contribution in [3.63, 3.8) is 0 Å². The van der Waals surface area contributed by atoms with Gasteiger partial charge in [0.1, 0.15) is 18.1 Å². The van der Waals surface area contributed by atoms with E-state index in [4.69, 9.17) is 19.1 Å². The van der Waals surface area contributed by atoms with Crippen LogP contribution in [0.5, 0.6) is 6.01 Å². The van der Waals surface area contributed by atoms with Gasteiger partial charge in [-0.3, -0.25) is 4.90 Å². The predicted molar refractivity (Wildman–Crippen MR) is 109 cm³/mol. The molecule has 0 saturated carbocycles. The largest absolute Gasteiger partial charge is 0.490 e. The number of carbonyl (C=O) groups is 1. The van der Waals surface area contributed by atoms with Crippen LogP contribution in [-0.4, -0.2) is 54.3 Å². The Labute approximate surface area is 187 Å². The number of rotatable bonds is 5. The Kier molecular flexibility index (Phi) is 7.36. The van der Waals surface area contributed by atoms with Crippen LogP contribution < -0.4 is 4.74 Å². The SMILES string of the molecule is Cc1ccnc(OCC2Cc3c(ncn3C)CN2Cc2ccc(C)o2)n1.O=C(O)C(F)(F)F. The van der Waals surface area contributed by atoms with Gasteiger partial charge in [-0.05, 0) is 32.0 Å². The molecule has 0 spiro atoms. The summed E-state index contributed by atoms with van der Waals surface area (Å²) < 4.78 is 45.5. The molecular formula is C21H24F3N5O4. The molecule has 0 radical (unpaired) electrons. The number of alkyl halides is 3. The number of hydrogen-bond acceptors (Lipinski definition) is 7. The second kappa shape index (κ2) is 10.0. The van der Waals surface area contributed by atoms with E-state index in [0.29, 0.717) is 12.6 Å². The van der Waals surface area contributed by atoms with E-state index in [1.165, 1.54) is 5.69 Å². The highest BCUT2D eigenvalue weighted by atomic mass is 19.4. The first-order valence-electron chi connectivity index (χ1n) is 10.0. The number of nitrogens with zero attached hydrogens (tertiary/aromatic N) is 5. The average molecular weight is 467 g/mol. The zero-order valence-corrected chi connectivity index (χ0v) is 18.3. The van der Waals surface area contributed by atoms with Crippen molar-refractivity contribution in [1.82, 2.24) is 24.4 Å². The maximum atomic E-state index is 10.6. The predicted octanol–water partition coefficient (Wildman–Crippen LogP) is 3.06. The Morgan fingerprint density at radius 3 is 2.61 bits per heavy atom. The molecule has 0 aliphatic carbocycles. The number of aryl methyl sites for hydroxylation is 3. The summed E-state index contributed by atoms with van der Waals surface area (Å²) in [7, 11) is 2.04. The number of furan rings is 1. The van der Waals surface area contributed by atoms with E-state index in [-0.39, 0.29) is 6.04 Å². The van der Waals surface area contributed by atoms with Crippen LogP contribution in [0.3, 0.4) is 0 Å². The fraction of sp³-hybridized carbons (Fsp3) is 0.429. The Balaban J connectivity index is 0.000000383. The number of imidazole rings is 1. The number of aliphatic carboxylic acids is 1. The molecule has 0 amide bonds. The van der Waals surface area contributed by atoms with Gasteiger partial charge in [0.15, 0.2) is 0 Å². The van der Waals surface area contributed by atoms with Crippen molar-refractivity contribution in [3.05, 3.63) is 59.3 Å². The molecule has 9 nitrogen and oxygen atoms in total. The highest BCUT2D eigenvalue weighted by Gasteiger charge is 2.38. The first-order chi connectivity index (χ1) is 15.5. The molecule has 3 aromatic rings. The van der Waals surface area contributed by atoms with E-state index >= 15 is 0 Å². The second-order valence-corrected chi connectivity index (χ2v) is 7.62. The molecule has 178 valence electrons. The maximum absolute atomic E-state index is 10.6. The summed E-state index contributed by atoms with van der Waals surface area (Å²) >= 11 is 0. The van der Waals surface area contributed by atoms with Gasteiger partial charge in [0.05, 0.1) is 24.6 Å². The fourth-order valence-corrected chi connectivity index (χ4v) is 3.36. The van der Waals surface area contributed by atoms with Gasteiger partial charge in [-0.2, -0.15) is 13.2 Å². The Morgan fingerprint density at radius 1 is 1.27 bits per heavy atom. The van der Waals surface area contributed by atoms with Gasteiger partial charge < -0.3 is 18.8 Å². The highest BCUT2D eigenvalue weighted by molar-refractivity contribution is 5.73. The third kappa shape index (κ3) is 6.54. The monoisotopic (exact) mass is 467 g/mol. The summed E-state index contributed by atoms with van der Waals surface area (Å²) in [6.45, 7) is 5.92. The van der Waals surface area contributed by atoms with Crippen LogP contribution in [0.1, 0.15) is 28.6 Å². The van der Waals surface area contributed by atoms with Gasteiger partial charge >= 0.3 is 18.2 Å². The van der Waals surface area contributed by atoms with Crippen LogP contribution >= 0.6 is 0 Å². The number of halogens is 3. The van der Waals surface area contributed by atoms with Crippen molar-refractivity contribution in [1.29, 1.82) is 0 Å². The Hall–Kier alpha value is -3.41. The summed E-state index contributed by atoms with van der Waals surface area (Å²) in [4.78, 5) is 24.3. The molecule has 1 N–H and O–H groups in total. The lowest BCUT2D eigenvalue weighted by Gasteiger charge is -2.34. The van der Waals surface area contributed by atoms with Crippen LogP contribution in [0, 0.1) is 13.8 Å². The molecule has 0 saturated heterocycles. The number of aromatic nitrogens is 4. The smallest absolute Gasteiger partial charge is 0.475 e. The molecule has 12 heteroatoms. The Morgan fingerprint density at radius 2 is 2.00 bits per heavy atom. The van der Waals surface area contributed by atoms with Crippen LogP contribution in [0.15, 0.2) is 35.1 Å². The normalized spacial score (nSPS) is 16.0. The third-order valence-corrected chi connectivity index (χ3v) is 5.02. The van der Waals surface area contributed by atoms with E-state index in [1.54, 1.807) is 6.20 Å². The molecule has 3 aromatic heterocycles. The number of hydrogen-bond donors (Lipinski definition) is 1. The van der Waals surface area contributed by atoms with Gasteiger partial charge in [0.25, 0.3) is 0 Å². The minimum Gasteiger partial charge on any atom is -0.475 e. The van der Waals surface area contributed by atoms with E-state index in [9.17, 15) is 13.2 Å². The van der Waals surface area contributed by atoms with Gasteiger partial charge in [0, 0.05) is 37.6 Å². The van der Waals surface area contributed by atoms with Crippen LogP contribution in [0.4, 0.5) is 13.2 Å². The van der Waals surface area contributed by atoms with Crippen LogP contribution in [0.25, 0.3) is 0 Å². The quantitative estimate of drug-likeness (QED) is 0.610. The molecule has 1 aliphatic heterocycles. The van der Waals surface area contributed by atoms with Crippen molar-refractivity contribution >= 4 is 5.97 Å². The minimum atomic E-state index is -5.08. The van der Waals surface area contributed by atoms with Crippen molar-refractivity contribution in [2.75, 3.05) is 6.61 Å². The molecule has 33 heavy (non-hydrogen) atoms. The average Bonchev–Trinajstić information content (AvgIpc) is 3.31. The van der Waals surface area contributed by atoms with Gasteiger partial charge in [0.2, 0.25) is 0 Å². The van der Waals surface area contributed by atoms with Crippen molar-refractivity contribution in [3.8, 4) is 6.01 Å². The number of fused-ring (bicyclic) bond motifs is 1. The molecule has 0 fully saturated rings. The molecule has 0 bridgehead atoms. The number of ether oxygens (including phenoxy) is 1. The standard InChI is InChI=1S/C19H23N5O2.C2HF3O2/c1-13-6-7-20-19(22-13)25-11-15-8-18-17(21-12-23(18)3)10-24(15)9-16-5-4-14(2)26-16;3-2(4,5)1(6)7/h4-7,12,15H,8-11H2,1-3H3;(H,6,7). The van der Waals surface area contributed by atoms with Gasteiger partial charge in [-0.15, -0.1) is 0 Å². The van der Waals surface area contributed by atoms with Crippen molar-refractivity contribution in [2.45, 2.75) is 45.6 Å². The first-order valence-corrected chi connectivity index (χ1v) is 10.0. The molecule has 4 heterocycles. The second-order valence-electron chi connectivity index (χ2n) is 7.62. The zero-order chi connectivity index (χ0) is 24.2. The van der Waals surface area contributed by atoms with Crippen LogP contribution in [0.2, 0.25) is 0 Å². The summed E-state index contributed by atoms with van der Waals surface area (Å²) in [5.41, 5.74) is 3.28. The number of carboxylic acids is 1. The highest BCUT2D eigenvalue weighted by Crippen LogP contribution is 2.25. The lowest BCUT2D eigenvalue weighted by atomic mass is 10.0. The molecule has 1 aliphatic rings. The summed E-state index contributed by atoms with van der Waals surface area (Å²) in [5, 5.41) is 7.12. The Bertz CT molecular complexity index is 1100. The molecule has 4 rings (SSSR count). The summed E-state index contributed by atoms with van der Waals surface area (Å²) in [6.07, 6.45) is -0.606. The topological polar surface area (TPSA) is 107 Å². The van der Waals surface area contributed by atoms with Crippen LogP contribution in [-0.2, 0) is 31.4 Å². The maximum Gasteiger partial charge on any atom is 0.490 e. The lowest BCUT2D eigenvalue weighted by molar-refractivity contribution is -0.192. The molecule has 1 atom stereocenters. The van der Waals surface area contributed by atoms with E-state index in [1.807, 2.05) is 45.4 Å². The first kappa shape index (κ1) is 24.2. The van der Waals surface area contributed by atoms with Gasteiger partial charge in [-0.1, -0.05) is 0 Å². The molecule has 0 aromatic carbocycles. The van der Waals surface area contributed by atoms with E-state index in [0.717, 1.165) is 42.4 Å². The van der Waals surface area contributed by atoms with E-state index < -0.39 is 12.1 Å². The van der Waals surface area contributed by atoms with Crippen molar-refractivity contribution < 1.29 is 32.2 Å². The zero-order valence-electron chi connectivity index (χ0n) is 18.3. The molecular weight excluding hydrogens is 443 g/mol. The van der Waals surface area contributed by atoms with Crippen molar-refractivity contribution in [2.24, 2.45) is 7.05 Å². The number of carboxylic acid groups (broad SMARTS) is 1. The summed E-state index contributed by atoms with van der Waals surface area (Å²) in [6, 6.07) is 6.52.